The number of hydrogen-bond acceptors (Lipinski definition) is 3. The maximum atomic E-state index is 5.85. The van der Waals surface area contributed by atoms with E-state index in [9.17, 15) is 0 Å². The molecular formula is C15H34N2O. The maximum Gasteiger partial charge on any atom is 0.0641 e. The van der Waals surface area contributed by atoms with Crippen LogP contribution in [0.4, 0.5) is 0 Å². The van der Waals surface area contributed by atoms with Crippen LogP contribution >= 0.6 is 0 Å². The molecule has 0 radical (unpaired) electrons. The summed E-state index contributed by atoms with van der Waals surface area (Å²) in [6.45, 7) is 19.4. The van der Waals surface area contributed by atoms with Gasteiger partial charge in [-0.25, -0.2) is 0 Å². The first-order valence-electron chi connectivity index (χ1n) is 7.56. The average Bonchev–Trinajstić information content (AvgIpc) is 2.35. The molecule has 3 heteroatoms. The summed E-state index contributed by atoms with van der Waals surface area (Å²) in [7, 11) is 0. The van der Waals surface area contributed by atoms with Crippen molar-refractivity contribution in [2.45, 2.75) is 72.6 Å². The summed E-state index contributed by atoms with van der Waals surface area (Å²) in [5, 5.41) is 3.61. The van der Waals surface area contributed by atoms with Crippen molar-refractivity contribution in [3.05, 3.63) is 0 Å². The van der Waals surface area contributed by atoms with Crippen LogP contribution in [0.25, 0.3) is 0 Å². The van der Waals surface area contributed by atoms with Gasteiger partial charge in [0.25, 0.3) is 0 Å². The fourth-order valence-corrected chi connectivity index (χ4v) is 2.63. The largest absolute Gasteiger partial charge is 0.377 e. The van der Waals surface area contributed by atoms with Gasteiger partial charge >= 0.3 is 0 Å². The topological polar surface area (TPSA) is 24.5 Å². The van der Waals surface area contributed by atoms with Gasteiger partial charge in [0.2, 0.25) is 0 Å². The van der Waals surface area contributed by atoms with E-state index in [2.05, 4.69) is 58.7 Å². The molecule has 0 bridgehead atoms. The van der Waals surface area contributed by atoms with Crippen molar-refractivity contribution in [3.8, 4) is 0 Å². The van der Waals surface area contributed by atoms with Gasteiger partial charge in [0, 0.05) is 11.6 Å². The smallest absolute Gasteiger partial charge is 0.0641 e. The first kappa shape index (κ1) is 17.9. The number of nitrogens with zero attached hydrogens (tertiary/aromatic N) is 1. The Morgan fingerprint density at radius 3 is 2.00 bits per heavy atom. The predicted octanol–water partition coefficient (Wildman–Crippen LogP) is 2.90. The van der Waals surface area contributed by atoms with Crippen LogP contribution in [-0.2, 0) is 4.74 Å². The lowest BCUT2D eigenvalue weighted by Crippen LogP contribution is -2.61. The summed E-state index contributed by atoms with van der Waals surface area (Å²) in [4.78, 5) is 2.55. The zero-order chi connectivity index (χ0) is 14.2. The standard InChI is InChI=1S/C15H34N2O/c1-8-15(7,17(10-3)11-4)14(16-9-2)12-18-13(5)6/h13-14,16H,8-12H2,1-7H3. The van der Waals surface area contributed by atoms with E-state index in [-0.39, 0.29) is 5.54 Å². The van der Waals surface area contributed by atoms with Crippen molar-refractivity contribution in [1.29, 1.82) is 0 Å². The molecule has 0 saturated heterocycles. The van der Waals surface area contributed by atoms with Gasteiger partial charge < -0.3 is 10.1 Å². The molecule has 0 spiro atoms. The average molecular weight is 258 g/mol. The van der Waals surface area contributed by atoms with E-state index in [0.29, 0.717) is 12.1 Å². The Kier molecular flexibility index (Phi) is 8.83. The molecule has 1 N–H and O–H groups in total. The highest BCUT2D eigenvalue weighted by atomic mass is 16.5. The van der Waals surface area contributed by atoms with Crippen molar-refractivity contribution in [1.82, 2.24) is 10.2 Å². The van der Waals surface area contributed by atoms with E-state index in [0.717, 1.165) is 32.7 Å². The second kappa shape index (κ2) is 8.89. The minimum atomic E-state index is 0.161. The van der Waals surface area contributed by atoms with Crippen molar-refractivity contribution >= 4 is 0 Å². The lowest BCUT2D eigenvalue weighted by molar-refractivity contribution is -0.00193. The fourth-order valence-electron chi connectivity index (χ4n) is 2.63. The van der Waals surface area contributed by atoms with E-state index in [1.807, 2.05) is 0 Å². The monoisotopic (exact) mass is 258 g/mol. The Labute approximate surface area is 114 Å². The molecule has 2 unspecified atom stereocenters. The summed E-state index contributed by atoms with van der Waals surface area (Å²) in [6.07, 6.45) is 1.43. The van der Waals surface area contributed by atoms with Crippen LogP contribution in [0.2, 0.25) is 0 Å². The Balaban J connectivity index is 4.87. The van der Waals surface area contributed by atoms with E-state index >= 15 is 0 Å². The lowest BCUT2D eigenvalue weighted by Gasteiger charge is -2.46. The first-order chi connectivity index (χ1) is 8.46. The highest BCUT2D eigenvalue weighted by Crippen LogP contribution is 2.24. The molecule has 0 aromatic carbocycles. The molecule has 3 nitrogen and oxygen atoms in total. The Morgan fingerprint density at radius 1 is 1.11 bits per heavy atom. The summed E-state index contributed by atoms with van der Waals surface area (Å²) < 4.78 is 5.85. The number of likely N-dealkylation sites (N-methyl/N-ethyl adjacent to an activating group) is 2. The number of rotatable bonds is 10. The van der Waals surface area contributed by atoms with E-state index in [4.69, 9.17) is 4.74 Å². The van der Waals surface area contributed by atoms with Crippen molar-refractivity contribution < 1.29 is 4.74 Å². The third-order valence-corrected chi connectivity index (χ3v) is 4.00. The molecule has 0 fully saturated rings. The molecule has 0 aliphatic heterocycles. The normalized spacial score (nSPS) is 17.2. The number of hydrogen-bond donors (Lipinski definition) is 1. The van der Waals surface area contributed by atoms with Crippen molar-refractivity contribution in [2.24, 2.45) is 0 Å². The van der Waals surface area contributed by atoms with Crippen molar-refractivity contribution in [2.75, 3.05) is 26.2 Å². The predicted molar refractivity (Wildman–Crippen MR) is 80.2 cm³/mol. The van der Waals surface area contributed by atoms with Gasteiger partial charge in [-0.3, -0.25) is 4.90 Å². The molecule has 0 heterocycles. The van der Waals surface area contributed by atoms with Gasteiger partial charge in [-0.05, 0) is 46.8 Å². The second-order valence-corrected chi connectivity index (χ2v) is 5.38. The molecule has 18 heavy (non-hydrogen) atoms. The molecule has 0 aliphatic rings. The quantitative estimate of drug-likeness (QED) is 0.652. The van der Waals surface area contributed by atoms with Gasteiger partial charge in [-0.1, -0.05) is 27.7 Å². The van der Waals surface area contributed by atoms with Crippen LogP contribution < -0.4 is 5.32 Å². The Hall–Kier alpha value is -0.120. The Morgan fingerprint density at radius 2 is 1.67 bits per heavy atom. The van der Waals surface area contributed by atoms with Crippen LogP contribution in [0.3, 0.4) is 0 Å². The highest BCUT2D eigenvalue weighted by molar-refractivity contribution is 4.95. The fraction of sp³-hybridized carbons (Fsp3) is 1.00. The number of ether oxygens (including phenoxy) is 1. The minimum Gasteiger partial charge on any atom is -0.377 e. The highest BCUT2D eigenvalue weighted by Gasteiger charge is 2.36. The first-order valence-corrected chi connectivity index (χ1v) is 7.56. The van der Waals surface area contributed by atoms with Crippen molar-refractivity contribution in [3.63, 3.8) is 0 Å². The molecule has 0 amide bonds. The SMILES string of the molecule is CCNC(COC(C)C)C(C)(CC)N(CC)CC. The van der Waals surface area contributed by atoms with Crippen LogP contribution in [-0.4, -0.2) is 48.8 Å². The second-order valence-electron chi connectivity index (χ2n) is 5.38. The van der Waals surface area contributed by atoms with Gasteiger partial charge in [-0.2, -0.15) is 0 Å². The molecule has 2 atom stereocenters. The molecule has 0 aromatic heterocycles. The van der Waals surface area contributed by atoms with Crippen LogP contribution in [0.15, 0.2) is 0 Å². The Bertz CT molecular complexity index is 205. The van der Waals surface area contributed by atoms with Gasteiger partial charge in [0.1, 0.15) is 0 Å². The summed E-state index contributed by atoms with van der Waals surface area (Å²) in [5.74, 6) is 0. The maximum absolute atomic E-state index is 5.85. The minimum absolute atomic E-state index is 0.161. The van der Waals surface area contributed by atoms with Crippen LogP contribution in [0.1, 0.15) is 54.9 Å². The third kappa shape index (κ3) is 4.87. The van der Waals surface area contributed by atoms with E-state index in [1.54, 1.807) is 0 Å². The molecular weight excluding hydrogens is 224 g/mol. The zero-order valence-electron chi connectivity index (χ0n) is 13.5. The van der Waals surface area contributed by atoms with Gasteiger partial charge in [-0.15, -0.1) is 0 Å². The number of nitrogens with one attached hydrogen (secondary N) is 1. The van der Waals surface area contributed by atoms with Gasteiger partial charge in [0.05, 0.1) is 12.7 Å². The molecule has 0 rings (SSSR count). The molecule has 0 saturated carbocycles. The summed E-state index contributed by atoms with van der Waals surface area (Å²) in [5.41, 5.74) is 0.161. The molecule has 110 valence electrons. The zero-order valence-corrected chi connectivity index (χ0v) is 13.5. The summed E-state index contributed by atoms with van der Waals surface area (Å²) in [6, 6.07) is 0.384. The molecule has 0 aromatic rings. The van der Waals surface area contributed by atoms with Crippen LogP contribution in [0.5, 0.6) is 0 Å². The van der Waals surface area contributed by atoms with Gasteiger partial charge in [0.15, 0.2) is 0 Å². The third-order valence-electron chi connectivity index (χ3n) is 4.00. The molecule has 0 aliphatic carbocycles. The van der Waals surface area contributed by atoms with Crippen LogP contribution in [0, 0.1) is 0 Å². The lowest BCUT2D eigenvalue weighted by atomic mass is 9.87. The summed E-state index contributed by atoms with van der Waals surface area (Å²) >= 11 is 0. The van der Waals surface area contributed by atoms with E-state index < -0.39 is 0 Å². The van der Waals surface area contributed by atoms with E-state index in [1.165, 1.54) is 0 Å².